The maximum Gasteiger partial charge on any atom is 0.193 e. The molecule has 0 unspecified atom stereocenters. The molecule has 0 aliphatic carbocycles. The molecule has 1 fully saturated rings. The van der Waals surface area contributed by atoms with Crippen LogP contribution in [0.15, 0.2) is 35.3 Å². The fourth-order valence-electron chi connectivity index (χ4n) is 2.87. The van der Waals surface area contributed by atoms with E-state index < -0.39 is 0 Å². The van der Waals surface area contributed by atoms with Crippen LogP contribution < -0.4 is 10.2 Å². The highest BCUT2D eigenvalue weighted by Crippen LogP contribution is 2.15. The first-order chi connectivity index (χ1) is 11.7. The molecule has 1 aliphatic heterocycles. The molecule has 0 radical (unpaired) electrons. The topological polar surface area (TPSA) is 43.3 Å². The highest BCUT2D eigenvalue weighted by atomic mass is 16.5. The molecule has 1 saturated heterocycles. The molecule has 134 valence electrons. The summed E-state index contributed by atoms with van der Waals surface area (Å²) in [7, 11) is 5.71. The van der Waals surface area contributed by atoms with Crippen molar-refractivity contribution in [2.24, 2.45) is 4.99 Å². The van der Waals surface area contributed by atoms with E-state index in [0.29, 0.717) is 0 Å². The molecule has 1 N–H and O–H groups in total. The van der Waals surface area contributed by atoms with Gasteiger partial charge in [-0.05, 0) is 19.2 Å². The van der Waals surface area contributed by atoms with E-state index in [1.807, 2.05) is 7.05 Å². The number of hydrogen-bond acceptors (Lipinski definition) is 4. The second-order valence-electron chi connectivity index (χ2n) is 6.08. The highest BCUT2D eigenvalue weighted by molar-refractivity contribution is 5.80. The van der Waals surface area contributed by atoms with Crippen LogP contribution in [-0.4, -0.2) is 89.4 Å². The maximum atomic E-state index is 5.10. The lowest BCUT2D eigenvalue weighted by atomic mass is 10.2. The fourth-order valence-corrected chi connectivity index (χ4v) is 2.87. The van der Waals surface area contributed by atoms with Gasteiger partial charge in [0, 0.05) is 65.7 Å². The fraction of sp³-hybridized carbons (Fsp3) is 0.611. The summed E-state index contributed by atoms with van der Waals surface area (Å²) in [6.07, 6.45) is 0. The van der Waals surface area contributed by atoms with Crippen molar-refractivity contribution in [3.63, 3.8) is 0 Å². The minimum Gasteiger partial charge on any atom is -0.383 e. The third kappa shape index (κ3) is 5.69. The van der Waals surface area contributed by atoms with E-state index in [9.17, 15) is 0 Å². The minimum atomic E-state index is 0.771. The van der Waals surface area contributed by atoms with Crippen molar-refractivity contribution in [2.75, 3.05) is 78.5 Å². The smallest absolute Gasteiger partial charge is 0.193 e. The van der Waals surface area contributed by atoms with Gasteiger partial charge in [0.25, 0.3) is 0 Å². The lowest BCUT2D eigenvalue weighted by Gasteiger charge is -2.37. The quantitative estimate of drug-likeness (QED) is 0.595. The second kappa shape index (κ2) is 10.2. The average molecular weight is 333 g/mol. The van der Waals surface area contributed by atoms with Crippen LogP contribution in [0.1, 0.15) is 0 Å². The zero-order chi connectivity index (χ0) is 17.2. The summed E-state index contributed by atoms with van der Waals surface area (Å²) in [5.41, 5.74) is 1.31. The van der Waals surface area contributed by atoms with E-state index >= 15 is 0 Å². The van der Waals surface area contributed by atoms with Crippen LogP contribution in [0.3, 0.4) is 0 Å². The van der Waals surface area contributed by atoms with Gasteiger partial charge in [0.2, 0.25) is 0 Å². The van der Waals surface area contributed by atoms with Crippen LogP contribution in [0, 0.1) is 0 Å². The number of benzene rings is 1. The molecular weight excluding hydrogens is 302 g/mol. The second-order valence-corrected chi connectivity index (χ2v) is 6.08. The lowest BCUT2D eigenvalue weighted by Crippen LogP contribution is -2.53. The normalized spacial score (nSPS) is 15.9. The van der Waals surface area contributed by atoms with E-state index in [-0.39, 0.29) is 0 Å². The van der Waals surface area contributed by atoms with E-state index in [4.69, 9.17) is 4.74 Å². The van der Waals surface area contributed by atoms with Crippen LogP contribution in [0.4, 0.5) is 5.69 Å². The van der Waals surface area contributed by atoms with Crippen LogP contribution in [0.2, 0.25) is 0 Å². The molecule has 1 heterocycles. The Hall–Kier alpha value is -1.79. The molecule has 24 heavy (non-hydrogen) atoms. The van der Waals surface area contributed by atoms with Crippen molar-refractivity contribution in [3.8, 4) is 0 Å². The van der Waals surface area contributed by atoms with Crippen molar-refractivity contribution < 1.29 is 4.74 Å². The van der Waals surface area contributed by atoms with E-state index in [1.54, 1.807) is 7.11 Å². The summed E-state index contributed by atoms with van der Waals surface area (Å²) in [5, 5.41) is 3.48. The number of likely N-dealkylation sites (N-methyl/N-ethyl adjacent to an activating group) is 1. The number of methoxy groups -OCH3 is 1. The number of para-hydroxylation sites is 1. The predicted molar refractivity (Wildman–Crippen MR) is 101 cm³/mol. The summed E-state index contributed by atoms with van der Waals surface area (Å²) in [6, 6.07) is 10.6. The molecule has 0 saturated carbocycles. The first-order valence-electron chi connectivity index (χ1n) is 8.67. The number of ether oxygens (including phenoxy) is 1. The van der Waals surface area contributed by atoms with Gasteiger partial charge in [-0.3, -0.25) is 4.99 Å². The minimum absolute atomic E-state index is 0.771. The monoisotopic (exact) mass is 333 g/mol. The van der Waals surface area contributed by atoms with Gasteiger partial charge in [-0.15, -0.1) is 0 Å². The number of piperazine rings is 1. The number of rotatable bonds is 7. The SMILES string of the molecule is CN=C(NCCN(C)CCOC)N1CCN(c2ccccc2)CC1. The Labute approximate surface area is 146 Å². The first kappa shape index (κ1) is 18.5. The highest BCUT2D eigenvalue weighted by Gasteiger charge is 2.19. The third-order valence-corrected chi connectivity index (χ3v) is 4.37. The van der Waals surface area contributed by atoms with Gasteiger partial charge < -0.3 is 24.8 Å². The van der Waals surface area contributed by atoms with Crippen molar-refractivity contribution >= 4 is 11.6 Å². The maximum absolute atomic E-state index is 5.10. The molecule has 0 spiro atoms. The third-order valence-electron chi connectivity index (χ3n) is 4.37. The average Bonchev–Trinajstić information content (AvgIpc) is 2.64. The van der Waals surface area contributed by atoms with Gasteiger partial charge in [-0.1, -0.05) is 18.2 Å². The number of guanidine groups is 1. The Morgan fingerprint density at radius 1 is 1.17 bits per heavy atom. The molecule has 1 aliphatic rings. The molecule has 6 nitrogen and oxygen atoms in total. The number of nitrogens with zero attached hydrogens (tertiary/aromatic N) is 4. The van der Waals surface area contributed by atoms with Crippen molar-refractivity contribution in [2.45, 2.75) is 0 Å². The number of aliphatic imine (C=N–C) groups is 1. The summed E-state index contributed by atoms with van der Waals surface area (Å²) >= 11 is 0. The molecule has 1 aromatic carbocycles. The van der Waals surface area contributed by atoms with Crippen LogP contribution in [-0.2, 0) is 4.74 Å². The molecule has 0 bridgehead atoms. The van der Waals surface area contributed by atoms with Crippen LogP contribution in [0.25, 0.3) is 0 Å². The van der Waals surface area contributed by atoms with E-state index in [1.165, 1.54) is 5.69 Å². The van der Waals surface area contributed by atoms with E-state index in [0.717, 1.165) is 58.4 Å². The number of anilines is 1. The zero-order valence-corrected chi connectivity index (χ0v) is 15.2. The summed E-state index contributed by atoms with van der Waals surface area (Å²) < 4.78 is 5.10. The van der Waals surface area contributed by atoms with Gasteiger partial charge in [-0.2, -0.15) is 0 Å². The van der Waals surface area contributed by atoms with Crippen molar-refractivity contribution in [1.82, 2.24) is 15.1 Å². The Morgan fingerprint density at radius 2 is 1.88 bits per heavy atom. The zero-order valence-electron chi connectivity index (χ0n) is 15.2. The van der Waals surface area contributed by atoms with Gasteiger partial charge in [0.1, 0.15) is 0 Å². The van der Waals surface area contributed by atoms with E-state index in [2.05, 4.69) is 62.4 Å². The van der Waals surface area contributed by atoms with Gasteiger partial charge in [0.05, 0.1) is 6.61 Å². The molecular formula is C18H31N5O. The van der Waals surface area contributed by atoms with Crippen LogP contribution >= 0.6 is 0 Å². The Kier molecular flexibility index (Phi) is 7.85. The van der Waals surface area contributed by atoms with Gasteiger partial charge in [0.15, 0.2) is 5.96 Å². The first-order valence-corrected chi connectivity index (χ1v) is 8.67. The largest absolute Gasteiger partial charge is 0.383 e. The predicted octanol–water partition coefficient (Wildman–Crippen LogP) is 0.962. The van der Waals surface area contributed by atoms with Gasteiger partial charge >= 0.3 is 0 Å². The Bertz CT molecular complexity index is 485. The standard InChI is InChI=1S/C18H31N5O/c1-19-18(20-9-10-21(2)15-16-24-3)23-13-11-22(12-14-23)17-7-5-4-6-8-17/h4-8H,9-16H2,1-3H3,(H,19,20). The number of hydrogen-bond donors (Lipinski definition) is 1. The molecule has 0 amide bonds. The lowest BCUT2D eigenvalue weighted by molar-refractivity contribution is 0.162. The summed E-state index contributed by atoms with van der Waals surface area (Å²) in [5.74, 6) is 1.00. The summed E-state index contributed by atoms with van der Waals surface area (Å²) in [6.45, 7) is 7.64. The molecule has 0 atom stereocenters. The molecule has 0 aromatic heterocycles. The van der Waals surface area contributed by atoms with Gasteiger partial charge in [-0.25, -0.2) is 0 Å². The Balaban J connectivity index is 1.73. The van der Waals surface area contributed by atoms with Crippen molar-refractivity contribution in [1.29, 1.82) is 0 Å². The van der Waals surface area contributed by atoms with Crippen molar-refractivity contribution in [3.05, 3.63) is 30.3 Å². The number of nitrogens with one attached hydrogen (secondary N) is 1. The molecule has 2 rings (SSSR count). The molecule has 1 aromatic rings. The van der Waals surface area contributed by atoms with Crippen LogP contribution in [0.5, 0.6) is 0 Å². The summed E-state index contributed by atoms with van der Waals surface area (Å²) in [4.78, 5) is 11.5. The Morgan fingerprint density at radius 3 is 2.50 bits per heavy atom. The molecule has 6 heteroatoms.